The highest BCUT2D eigenvalue weighted by atomic mass is 16.2. The first-order chi connectivity index (χ1) is 17.6. The van der Waals surface area contributed by atoms with Crippen LogP contribution in [0.3, 0.4) is 0 Å². The molecule has 0 saturated carbocycles. The van der Waals surface area contributed by atoms with Crippen molar-refractivity contribution in [2.45, 2.75) is 32.1 Å². The molecule has 36 heavy (non-hydrogen) atoms. The second kappa shape index (κ2) is 9.39. The number of carbonyl (C=O) groups excluding carboxylic acids is 2. The number of H-pyrrole nitrogens is 1. The van der Waals surface area contributed by atoms with Crippen LogP contribution in [-0.2, 0) is 4.79 Å². The number of likely N-dealkylation sites (tertiary alicyclic amines) is 2. The molecule has 0 aromatic carbocycles. The van der Waals surface area contributed by atoms with Crippen LogP contribution >= 0.6 is 0 Å². The number of nitrogens with zero attached hydrogens (tertiary/aromatic N) is 5. The van der Waals surface area contributed by atoms with Gasteiger partial charge in [0.15, 0.2) is 0 Å². The Kier molecular flexibility index (Phi) is 5.92. The molecule has 6 rings (SSSR count). The molecule has 2 aliphatic heterocycles. The first-order valence-corrected chi connectivity index (χ1v) is 12.8. The first-order valence-electron chi connectivity index (χ1n) is 12.8. The lowest BCUT2D eigenvalue weighted by Crippen LogP contribution is -2.35. The molecule has 0 spiro atoms. The standard InChI is InChI=1S/C27H31N7O2/c1-32-10-5-18(6-11-32)26(35)31-20-14-21-22(16-29-25(21)28-15-20)19-7-12-34-24(13-19)23(17-30-34)27(36)33-8-3-2-4-9-33/h7,12-18H,2-6,8-11H2,1H3,(H,28,29)(H,31,35). The van der Waals surface area contributed by atoms with E-state index in [1.807, 2.05) is 35.5 Å². The summed E-state index contributed by atoms with van der Waals surface area (Å²) in [5.74, 6) is 0.131. The fourth-order valence-electron chi connectivity index (χ4n) is 5.41. The fourth-order valence-corrected chi connectivity index (χ4v) is 5.41. The molecule has 0 atom stereocenters. The van der Waals surface area contributed by atoms with Gasteiger partial charge in [0, 0.05) is 42.4 Å². The fraction of sp³-hybridized carbons (Fsp3) is 0.407. The molecule has 2 aliphatic rings. The van der Waals surface area contributed by atoms with Gasteiger partial charge in [-0.3, -0.25) is 9.59 Å². The van der Waals surface area contributed by atoms with Crippen LogP contribution in [0, 0.1) is 5.92 Å². The monoisotopic (exact) mass is 485 g/mol. The van der Waals surface area contributed by atoms with Crippen LogP contribution in [0.4, 0.5) is 5.69 Å². The van der Waals surface area contributed by atoms with Crippen molar-refractivity contribution in [3.8, 4) is 11.1 Å². The van der Waals surface area contributed by atoms with Crippen molar-refractivity contribution in [1.29, 1.82) is 0 Å². The zero-order valence-corrected chi connectivity index (χ0v) is 20.5. The Morgan fingerprint density at radius 2 is 1.86 bits per heavy atom. The van der Waals surface area contributed by atoms with Crippen molar-refractivity contribution in [3.05, 3.63) is 48.5 Å². The minimum atomic E-state index is 0.0303. The molecule has 0 aliphatic carbocycles. The lowest BCUT2D eigenvalue weighted by molar-refractivity contribution is -0.121. The first kappa shape index (κ1) is 22.7. The van der Waals surface area contributed by atoms with E-state index in [2.05, 4.69) is 32.3 Å². The number of aromatic amines is 1. The van der Waals surface area contributed by atoms with E-state index < -0.39 is 0 Å². The van der Waals surface area contributed by atoms with Gasteiger partial charge in [0.2, 0.25) is 5.91 Å². The largest absolute Gasteiger partial charge is 0.346 e. The molecule has 2 saturated heterocycles. The zero-order valence-electron chi connectivity index (χ0n) is 20.5. The van der Waals surface area contributed by atoms with Crippen molar-refractivity contribution in [1.82, 2.24) is 29.4 Å². The molecule has 2 fully saturated rings. The number of hydrogen-bond acceptors (Lipinski definition) is 5. The highest BCUT2D eigenvalue weighted by Crippen LogP contribution is 2.31. The number of nitrogens with one attached hydrogen (secondary N) is 2. The lowest BCUT2D eigenvalue weighted by atomic mass is 9.96. The van der Waals surface area contributed by atoms with Crippen LogP contribution in [0.5, 0.6) is 0 Å². The quantitative estimate of drug-likeness (QED) is 0.458. The van der Waals surface area contributed by atoms with Crippen LogP contribution < -0.4 is 5.32 Å². The van der Waals surface area contributed by atoms with Gasteiger partial charge in [0.05, 0.1) is 29.2 Å². The summed E-state index contributed by atoms with van der Waals surface area (Å²) >= 11 is 0. The third kappa shape index (κ3) is 4.24. The van der Waals surface area contributed by atoms with Gasteiger partial charge in [-0.15, -0.1) is 0 Å². The van der Waals surface area contributed by atoms with Crippen LogP contribution in [0.2, 0.25) is 0 Å². The molecule has 9 heteroatoms. The summed E-state index contributed by atoms with van der Waals surface area (Å²) < 4.78 is 1.75. The molecule has 6 heterocycles. The van der Waals surface area contributed by atoms with Crippen LogP contribution in [0.1, 0.15) is 42.5 Å². The second-order valence-corrected chi connectivity index (χ2v) is 10.0. The topological polar surface area (TPSA) is 98.6 Å². The van der Waals surface area contributed by atoms with E-state index >= 15 is 0 Å². The van der Waals surface area contributed by atoms with Gasteiger partial charge in [-0.1, -0.05) is 0 Å². The Balaban J connectivity index is 1.29. The maximum Gasteiger partial charge on any atom is 0.257 e. The summed E-state index contributed by atoms with van der Waals surface area (Å²) in [5.41, 5.74) is 4.79. The van der Waals surface area contributed by atoms with Gasteiger partial charge < -0.3 is 20.1 Å². The number of rotatable bonds is 4. The highest BCUT2D eigenvalue weighted by molar-refractivity contribution is 6.03. The molecule has 186 valence electrons. The van der Waals surface area contributed by atoms with E-state index in [-0.39, 0.29) is 17.7 Å². The van der Waals surface area contributed by atoms with E-state index in [4.69, 9.17) is 0 Å². The SMILES string of the molecule is CN1CCC(C(=O)Nc2cnc3[nH]cc(-c4ccn5ncc(C(=O)N6CCCCC6)c5c4)c3c2)CC1. The number of hydrogen-bond donors (Lipinski definition) is 2. The second-order valence-electron chi connectivity index (χ2n) is 10.0. The van der Waals surface area contributed by atoms with Crippen molar-refractivity contribution < 1.29 is 9.59 Å². The summed E-state index contributed by atoms with van der Waals surface area (Å²) in [7, 11) is 2.09. The van der Waals surface area contributed by atoms with Crippen LogP contribution in [0.25, 0.3) is 27.7 Å². The van der Waals surface area contributed by atoms with Crippen LogP contribution in [-0.4, -0.2) is 74.4 Å². The van der Waals surface area contributed by atoms with Crippen molar-refractivity contribution in [2.24, 2.45) is 5.92 Å². The molecular formula is C27H31N7O2. The summed E-state index contributed by atoms with van der Waals surface area (Å²) in [4.78, 5) is 38.0. The number of piperidine rings is 2. The Labute approximate surface area is 209 Å². The van der Waals surface area contributed by atoms with Crippen molar-refractivity contribution >= 4 is 34.1 Å². The maximum absolute atomic E-state index is 13.2. The molecule has 0 radical (unpaired) electrons. The number of fused-ring (bicyclic) bond motifs is 2. The zero-order chi connectivity index (χ0) is 24.6. The summed E-state index contributed by atoms with van der Waals surface area (Å²) in [6.45, 7) is 3.49. The highest BCUT2D eigenvalue weighted by Gasteiger charge is 2.24. The average molecular weight is 486 g/mol. The van der Waals surface area contributed by atoms with Gasteiger partial charge >= 0.3 is 0 Å². The summed E-state index contributed by atoms with van der Waals surface area (Å²) in [5, 5.41) is 8.41. The van der Waals surface area contributed by atoms with Crippen molar-refractivity contribution in [2.75, 3.05) is 38.5 Å². The minimum Gasteiger partial charge on any atom is -0.346 e. The van der Waals surface area contributed by atoms with Crippen LogP contribution in [0.15, 0.2) is 43.0 Å². The molecule has 9 nitrogen and oxygen atoms in total. The number of anilines is 1. The lowest BCUT2D eigenvalue weighted by Gasteiger charge is -2.28. The molecule has 2 amide bonds. The molecule has 4 aromatic rings. The minimum absolute atomic E-state index is 0.0303. The number of aromatic nitrogens is 4. The van der Waals surface area contributed by atoms with Gasteiger partial charge in [0.1, 0.15) is 5.65 Å². The molecule has 4 aromatic heterocycles. The molecule has 0 unspecified atom stereocenters. The van der Waals surface area contributed by atoms with E-state index in [1.165, 1.54) is 6.42 Å². The van der Waals surface area contributed by atoms with Gasteiger partial charge in [-0.2, -0.15) is 5.10 Å². The normalized spacial score (nSPS) is 17.6. The van der Waals surface area contributed by atoms with Crippen molar-refractivity contribution in [3.63, 3.8) is 0 Å². The van der Waals surface area contributed by atoms with E-state index in [0.717, 1.165) is 79.5 Å². The Bertz CT molecular complexity index is 1420. The van der Waals surface area contributed by atoms with Gasteiger partial charge in [-0.05, 0) is 76.0 Å². The Morgan fingerprint density at radius 3 is 2.67 bits per heavy atom. The van der Waals surface area contributed by atoms with Gasteiger partial charge in [-0.25, -0.2) is 9.50 Å². The van der Waals surface area contributed by atoms with E-state index in [1.54, 1.807) is 16.9 Å². The smallest absolute Gasteiger partial charge is 0.257 e. The predicted molar refractivity (Wildman–Crippen MR) is 139 cm³/mol. The number of amides is 2. The van der Waals surface area contributed by atoms with E-state index in [9.17, 15) is 9.59 Å². The number of carbonyl (C=O) groups is 2. The Morgan fingerprint density at radius 1 is 1.06 bits per heavy atom. The summed E-state index contributed by atoms with van der Waals surface area (Å²) in [6.07, 6.45) is 12.2. The maximum atomic E-state index is 13.2. The molecule has 0 bridgehead atoms. The third-order valence-corrected chi connectivity index (χ3v) is 7.59. The summed E-state index contributed by atoms with van der Waals surface area (Å²) in [6, 6.07) is 5.97. The molecular weight excluding hydrogens is 454 g/mol. The third-order valence-electron chi connectivity index (χ3n) is 7.59. The van der Waals surface area contributed by atoms with E-state index in [0.29, 0.717) is 11.3 Å². The molecule has 2 N–H and O–H groups in total. The predicted octanol–water partition coefficient (Wildman–Crippen LogP) is 3.78. The Hall–Kier alpha value is -3.72. The average Bonchev–Trinajstić information content (AvgIpc) is 3.53. The van der Waals surface area contributed by atoms with Gasteiger partial charge in [0.25, 0.3) is 5.91 Å². The number of pyridine rings is 2.